The number of hydrogen-bond donors (Lipinski definition) is 0. The number of ether oxygens (including phenoxy) is 2. The molecule has 114 valence electrons. The predicted molar refractivity (Wildman–Crippen MR) is 85.5 cm³/mol. The maximum atomic E-state index is 5.55. The van der Waals surface area contributed by atoms with Crippen molar-refractivity contribution in [3.05, 3.63) is 47.8 Å². The first kappa shape index (κ1) is 14.5. The summed E-state index contributed by atoms with van der Waals surface area (Å²) in [5.41, 5.74) is 3.87. The third-order valence-electron chi connectivity index (χ3n) is 3.53. The topological polar surface area (TPSA) is 49.2 Å². The molecule has 0 aliphatic rings. The van der Waals surface area contributed by atoms with E-state index in [4.69, 9.17) is 9.47 Å². The van der Waals surface area contributed by atoms with E-state index in [1.807, 2.05) is 49.0 Å². The molecule has 5 nitrogen and oxygen atoms in total. The van der Waals surface area contributed by atoms with E-state index >= 15 is 0 Å². The van der Waals surface area contributed by atoms with Crippen molar-refractivity contribution in [2.24, 2.45) is 0 Å². The van der Waals surface area contributed by atoms with Crippen LogP contribution in [0.15, 0.2) is 36.5 Å². The summed E-state index contributed by atoms with van der Waals surface area (Å²) in [4.78, 5) is 4.64. The number of methoxy groups -OCH3 is 1. The van der Waals surface area contributed by atoms with Gasteiger partial charge in [0, 0.05) is 17.7 Å². The highest BCUT2D eigenvalue weighted by molar-refractivity contribution is 5.80. The molecule has 1 aromatic carbocycles. The van der Waals surface area contributed by atoms with E-state index in [-0.39, 0.29) is 0 Å². The summed E-state index contributed by atoms with van der Waals surface area (Å²) in [6.07, 6.45) is 1.85. The van der Waals surface area contributed by atoms with Gasteiger partial charge in [-0.05, 0) is 49.7 Å². The molecule has 0 fully saturated rings. The molecular weight excluding hydrogens is 278 g/mol. The van der Waals surface area contributed by atoms with Crippen molar-refractivity contribution in [3.8, 4) is 11.4 Å². The average Bonchev–Trinajstić information content (AvgIpc) is 2.96. The lowest BCUT2D eigenvalue weighted by atomic mass is 10.2. The lowest BCUT2D eigenvalue weighted by Crippen LogP contribution is -2.00. The molecule has 3 aromatic rings. The van der Waals surface area contributed by atoms with E-state index in [0.29, 0.717) is 13.2 Å². The van der Waals surface area contributed by atoms with Crippen molar-refractivity contribution in [3.63, 3.8) is 0 Å². The SMILES string of the molecule is CCOCc1cc(C)nc2c1cnn2-c1ccc(OC)cc1. The number of benzene rings is 1. The van der Waals surface area contributed by atoms with Gasteiger partial charge in [0.25, 0.3) is 0 Å². The van der Waals surface area contributed by atoms with Crippen molar-refractivity contribution in [1.29, 1.82) is 0 Å². The van der Waals surface area contributed by atoms with Gasteiger partial charge in [-0.1, -0.05) is 0 Å². The smallest absolute Gasteiger partial charge is 0.163 e. The summed E-state index contributed by atoms with van der Waals surface area (Å²) >= 11 is 0. The van der Waals surface area contributed by atoms with Gasteiger partial charge < -0.3 is 9.47 Å². The number of pyridine rings is 1. The van der Waals surface area contributed by atoms with Crippen LogP contribution in [0.2, 0.25) is 0 Å². The minimum absolute atomic E-state index is 0.574. The predicted octanol–water partition coefficient (Wildman–Crippen LogP) is 3.27. The minimum Gasteiger partial charge on any atom is -0.497 e. The lowest BCUT2D eigenvalue weighted by molar-refractivity contribution is 0.135. The Labute approximate surface area is 129 Å². The van der Waals surface area contributed by atoms with E-state index < -0.39 is 0 Å². The number of hydrogen-bond acceptors (Lipinski definition) is 4. The maximum absolute atomic E-state index is 5.55. The molecule has 0 bridgehead atoms. The van der Waals surface area contributed by atoms with Crippen molar-refractivity contribution in [1.82, 2.24) is 14.8 Å². The Hall–Kier alpha value is -2.40. The van der Waals surface area contributed by atoms with Crippen LogP contribution in [0.4, 0.5) is 0 Å². The number of aromatic nitrogens is 3. The second-order valence-electron chi connectivity index (χ2n) is 5.05. The second kappa shape index (κ2) is 6.15. The highest BCUT2D eigenvalue weighted by atomic mass is 16.5. The molecule has 5 heteroatoms. The molecular formula is C17H19N3O2. The van der Waals surface area contributed by atoms with Crippen LogP contribution in [0.3, 0.4) is 0 Å². The van der Waals surface area contributed by atoms with Crippen molar-refractivity contribution in [2.45, 2.75) is 20.5 Å². The fourth-order valence-corrected chi connectivity index (χ4v) is 2.45. The number of fused-ring (bicyclic) bond motifs is 1. The Morgan fingerprint density at radius 1 is 1.18 bits per heavy atom. The lowest BCUT2D eigenvalue weighted by Gasteiger charge is -2.07. The van der Waals surface area contributed by atoms with Crippen LogP contribution in [-0.2, 0) is 11.3 Å². The molecule has 0 unspecified atom stereocenters. The highest BCUT2D eigenvalue weighted by Gasteiger charge is 2.11. The third kappa shape index (κ3) is 2.67. The molecule has 0 aliphatic carbocycles. The molecule has 3 rings (SSSR count). The quantitative estimate of drug-likeness (QED) is 0.725. The van der Waals surface area contributed by atoms with Gasteiger partial charge in [-0.25, -0.2) is 9.67 Å². The van der Waals surface area contributed by atoms with Gasteiger partial charge in [0.2, 0.25) is 0 Å². The van der Waals surface area contributed by atoms with E-state index in [1.54, 1.807) is 7.11 Å². The van der Waals surface area contributed by atoms with Crippen molar-refractivity contribution >= 4 is 11.0 Å². The van der Waals surface area contributed by atoms with E-state index in [9.17, 15) is 0 Å². The Bertz CT molecular complexity index is 778. The molecule has 2 aromatic heterocycles. The molecule has 0 amide bonds. The highest BCUT2D eigenvalue weighted by Crippen LogP contribution is 2.23. The second-order valence-corrected chi connectivity index (χ2v) is 5.05. The summed E-state index contributed by atoms with van der Waals surface area (Å²) in [5.74, 6) is 0.821. The van der Waals surface area contributed by atoms with Gasteiger partial charge in [-0.2, -0.15) is 5.10 Å². The molecule has 22 heavy (non-hydrogen) atoms. The average molecular weight is 297 g/mol. The van der Waals surface area contributed by atoms with E-state index in [0.717, 1.165) is 33.7 Å². The zero-order valence-electron chi connectivity index (χ0n) is 13.0. The fraction of sp³-hybridized carbons (Fsp3) is 0.294. The Morgan fingerprint density at radius 2 is 1.95 bits per heavy atom. The summed E-state index contributed by atoms with van der Waals surface area (Å²) < 4.78 is 12.6. The first-order valence-electron chi connectivity index (χ1n) is 7.29. The van der Waals surface area contributed by atoms with Crippen molar-refractivity contribution in [2.75, 3.05) is 13.7 Å². The Balaban J connectivity index is 2.08. The maximum Gasteiger partial charge on any atom is 0.163 e. The first-order valence-corrected chi connectivity index (χ1v) is 7.29. The Kier molecular flexibility index (Phi) is 4.06. The zero-order chi connectivity index (χ0) is 15.5. The van der Waals surface area contributed by atoms with Gasteiger partial charge >= 0.3 is 0 Å². The molecule has 0 radical (unpaired) electrons. The molecule has 0 atom stereocenters. The number of nitrogens with zero attached hydrogens (tertiary/aromatic N) is 3. The van der Waals surface area contributed by atoms with Crippen LogP contribution >= 0.6 is 0 Å². The minimum atomic E-state index is 0.574. The normalized spacial score (nSPS) is 11.0. The fourth-order valence-electron chi connectivity index (χ4n) is 2.45. The van der Waals surface area contributed by atoms with Gasteiger partial charge in [0.15, 0.2) is 5.65 Å². The van der Waals surface area contributed by atoms with Crippen LogP contribution in [0.1, 0.15) is 18.2 Å². The third-order valence-corrected chi connectivity index (χ3v) is 3.53. The van der Waals surface area contributed by atoms with E-state index in [1.165, 1.54) is 0 Å². The first-order chi connectivity index (χ1) is 10.7. The van der Waals surface area contributed by atoms with Gasteiger partial charge in [-0.3, -0.25) is 0 Å². The van der Waals surface area contributed by atoms with Crippen LogP contribution in [0.5, 0.6) is 5.75 Å². The van der Waals surface area contributed by atoms with E-state index in [2.05, 4.69) is 16.1 Å². The number of aryl methyl sites for hydroxylation is 1. The number of rotatable bonds is 5. The molecule has 0 saturated heterocycles. The van der Waals surface area contributed by atoms with Crippen molar-refractivity contribution < 1.29 is 9.47 Å². The molecule has 0 spiro atoms. The van der Waals surface area contributed by atoms with Crippen LogP contribution in [-0.4, -0.2) is 28.5 Å². The zero-order valence-corrected chi connectivity index (χ0v) is 13.0. The largest absolute Gasteiger partial charge is 0.497 e. The molecule has 0 saturated carbocycles. The van der Waals surface area contributed by atoms with Gasteiger partial charge in [-0.15, -0.1) is 0 Å². The molecule has 0 aliphatic heterocycles. The van der Waals surface area contributed by atoms with Gasteiger partial charge in [0.05, 0.1) is 25.6 Å². The summed E-state index contributed by atoms with van der Waals surface area (Å²) in [6, 6.07) is 9.83. The standard InChI is InChI=1S/C17H19N3O2/c1-4-22-11-13-9-12(2)19-17-16(13)10-18-20(17)14-5-7-15(21-3)8-6-14/h5-10H,4,11H2,1-3H3. The summed E-state index contributed by atoms with van der Waals surface area (Å²) in [5, 5.41) is 5.51. The van der Waals surface area contributed by atoms with Crippen LogP contribution in [0, 0.1) is 6.92 Å². The van der Waals surface area contributed by atoms with Crippen LogP contribution < -0.4 is 4.74 Å². The molecule has 2 heterocycles. The monoisotopic (exact) mass is 297 g/mol. The summed E-state index contributed by atoms with van der Waals surface area (Å²) in [7, 11) is 1.66. The van der Waals surface area contributed by atoms with Crippen LogP contribution in [0.25, 0.3) is 16.7 Å². The Morgan fingerprint density at radius 3 is 2.64 bits per heavy atom. The summed E-state index contributed by atoms with van der Waals surface area (Å²) in [6.45, 7) is 5.24. The van der Waals surface area contributed by atoms with Gasteiger partial charge in [0.1, 0.15) is 5.75 Å². The molecule has 0 N–H and O–H groups in total.